The summed E-state index contributed by atoms with van der Waals surface area (Å²) in [6, 6.07) is 10.8. The lowest BCUT2D eigenvalue weighted by atomic mass is 10.1. The molecule has 4 nitrogen and oxygen atoms in total. The lowest BCUT2D eigenvalue weighted by Gasteiger charge is -2.12. The molecule has 0 unspecified atom stereocenters. The summed E-state index contributed by atoms with van der Waals surface area (Å²) in [5, 5.41) is 6.56. The maximum Gasteiger partial charge on any atom is 0.191 e. The Morgan fingerprint density at radius 2 is 2.00 bits per heavy atom. The standard InChI is InChI=1S/C19H25FN4.HI/c1-3-21-19(24-13-10-18-6-4-5-11-22-18)23-12-9-16-7-8-17(20)14-15(16)2;/h4-8,11,14H,3,9-10,12-13H2,1-2H3,(H2,21,23,24);1H. The summed E-state index contributed by atoms with van der Waals surface area (Å²) in [5.41, 5.74) is 3.17. The highest BCUT2D eigenvalue weighted by atomic mass is 127. The maximum atomic E-state index is 13.1. The highest BCUT2D eigenvalue weighted by Gasteiger charge is 2.02. The summed E-state index contributed by atoms with van der Waals surface area (Å²) < 4.78 is 13.1. The highest BCUT2D eigenvalue weighted by molar-refractivity contribution is 14.0. The minimum Gasteiger partial charge on any atom is -0.357 e. The number of nitrogens with one attached hydrogen (secondary N) is 2. The van der Waals surface area contributed by atoms with Gasteiger partial charge in [-0.1, -0.05) is 12.1 Å². The number of aliphatic imine (C=N–C) groups is 1. The van der Waals surface area contributed by atoms with Gasteiger partial charge in [0.05, 0.1) is 0 Å². The van der Waals surface area contributed by atoms with Gasteiger partial charge in [0, 0.05) is 37.9 Å². The van der Waals surface area contributed by atoms with Crippen molar-refractivity contribution in [2.75, 3.05) is 19.6 Å². The molecule has 2 N–H and O–H groups in total. The number of guanidine groups is 1. The molecule has 2 aromatic rings. The van der Waals surface area contributed by atoms with Gasteiger partial charge >= 0.3 is 0 Å². The fourth-order valence-electron chi connectivity index (χ4n) is 2.43. The van der Waals surface area contributed by atoms with Crippen LogP contribution >= 0.6 is 24.0 Å². The molecule has 0 aliphatic carbocycles. The molecule has 1 aromatic heterocycles. The molecular formula is C19H26FIN4. The smallest absolute Gasteiger partial charge is 0.191 e. The predicted octanol–water partition coefficient (Wildman–Crippen LogP) is 3.49. The van der Waals surface area contributed by atoms with Crippen LogP contribution in [-0.4, -0.2) is 30.6 Å². The first-order chi connectivity index (χ1) is 11.7. The molecule has 6 heteroatoms. The van der Waals surface area contributed by atoms with Crippen LogP contribution in [0.2, 0.25) is 0 Å². The van der Waals surface area contributed by atoms with Gasteiger partial charge in [-0.3, -0.25) is 9.98 Å². The normalized spacial score (nSPS) is 10.9. The van der Waals surface area contributed by atoms with Gasteiger partial charge < -0.3 is 10.6 Å². The molecule has 25 heavy (non-hydrogen) atoms. The van der Waals surface area contributed by atoms with Crippen LogP contribution in [0.25, 0.3) is 0 Å². The minimum atomic E-state index is -0.186. The molecule has 1 heterocycles. The summed E-state index contributed by atoms with van der Waals surface area (Å²) in [4.78, 5) is 8.87. The van der Waals surface area contributed by atoms with E-state index in [9.17, 15) is 4.39 Å². The fourth-order valence-corrected chi connectivity index (χ4v) is 2.43. The number of aryl methyl sites for hydroxylation is 1. The van der Waals surface area contributed by atoms with Crippen LogP contribution in [0.5, 0.6) is 0 Å². The van der Waals surface area contributed by atoms with Crippen LogP contribution in [0.15, 0.2) is 47.6 Å². The first kappa shape index (κ1) is 21.3. The second kappa shape index (κ2) is 11.8. The van der Waals surface area contributed by atoms with Crippen LogP contribution in [0.3, 0.4) is 0 Å². The maximum absolute atomic E-state index is 13.1. The molecule has 0 atom stereocenters. The third kappa shape index (κ3) is 7.81. The fraction of sp³-hybridized carbons (Fsp3) is 0.368. The van der Waals surface area contributed by atoms with Crippen molar-refractivity contribution in [1.82, 2.24) is 15.6 Å². The van der Waals surface area contributed by atoms with Crippen molar-refractivity contribution in [1.29, 1.82) is 0 Å². The van der Waals surface area contributed by atoms with Crippen molar-refractivity contribution >= 4 is 29.9 Å². The Morgan fingerprint density at radius 1 is 1.16 bits per heavy atom. The zero-order chi connectivity index (χ0) is 17.2. The number of halogens is 2. The van der Waals surface area contributed by atoms with Crippen molar-refractivity contribution < 1.29 is 4.39 Å². The van der Waals surface area contributed by atoms with Gasteiger partial charge in [0.25, 0.3) is 0 Å². The van der Waals surface area contributed by atoms with Gasteiger partial charge in [-0.25, -0.2) is 4.39 Å². The average molecular weight is 456 g/mol. The first-order valence-corrected chi connectivity index (χ1v) is 8.36. The van der Waals surface area contributed by atoms with Crippen LogP contribution in [0.4, 0.5) is 4.39 Å². The van der Waals surface area contributed by atoms with Gasteiger partial charge in [-0.05, 0) is 55.7 Å². The molecule has 0 aliphatic rings. The molecule has 0 saturated heterocycles. The van der Waals surface area contributed by atoms with E-state index in [4.69, 9.17) is 0 Å². The topological polar surface area (TPSA) is 49.3 Å². The number of pyridine rings is 1. The second-order valence-corrected chi connectivity index (χ2v) is 5.58. The van der Waals surface area contributed by atoms with E-state index in [0.29, 0.717) is 6.54 Å². The summed E-state index contributed by atoms with van der Waals surface area (Å²) in [5.74, 6) is 0.613. The van der Waals surface area contributed by atoms with Gasteiger partial charge in [-0.15, -0.1) is 24.0 Å². The summed E-state index contributed by atoms with van der Waals surface area (Å²) in [6.45, 7) is 6.22. The molecule has 0 fully saturated rings. The monoisotopic (exact) mass is 456 g/mol. The number of rotatable bonds is 7. The van der Waals surface area contributed by atoms with Crippen molar-refractivity contribution in [3.63, 3.8) is 0 Å². The lowest BCUT2D eigenvalue weighted by Crippen LogP contribution is -2.38. The predicted molar refractivity (Wildman–Crippen MR) is 112 cm³/mol. The zero-order valence-corrected chi connectivity index (χ0v) is 17.1. The number of hydrogen-bond acceptors (Lipinski definition) is 2. The summed E-state index contributed by atoms with van der Waals surface area (Å²) >= 11 is 0. The lowest BCUT2D eigenvalue weighted by molar-refractivity contribution is 0.625. The molecule has 0 spiro atoms. The van der Waals surface area contributed by atoms with Crippen molar-refractivity contribution in [2.24, 2.45) is 4.99 Å². The van der Waals surface area contributed by atoms with Crippen molar-refractivity contribution in [3.8, 4) is 0 Å². The molecular weight excluding hydrogens is 430 g/mol. The van der Waals surface area contributed by atoms with Gasteiger partial charge in [0.1, 0.15) is 5.82 Å². The summed E-state index contributed by atoms with van der Waals surface area (Å²) in [6.07, 6.45) is 3.44. The van der Waals surface area contributed by atoms with Gasteiger partial charge in [0.15, 0.2) is 5.96 Å². The molecule has 1 aromatic carbocycles. The number of benzene rings is 1. The van der Waals surface area contributed by atoms with Crippen LogP contribution < -0.4 is 10.6 Å². The van der Waals surface area contributed by atoms with Crippen LogP contribution in [-0.2, 0) is 12.8 Å². The minimum absolute atomic E-state index is 0. The summed E-state index contributed by atoms with van der Waals surface area (Å²) in [7, 11) is 0. The van der Waals surface area contributed by atoms with Gasteiger partial charge in [-0.2, -0.15) is 0 Å². The van der Waals surface area contributed by atoms with E-state index in [1.807, 2.05) is 38.1 Å². The van der Waals surface area contributed by atoms with E-state index in [0.717, 1.165) is 48.7 Å². The van der Waals surface area contributed by atoms with E-state index in [1.165, 1.54) is 6.07 Å². The van der Waals surface area contributed by atoms with Crippen LogP contribution in [0.1, 0.15) is 23.7 Å². The Morgan fingerprint density at radius 3 is 2.68 bits per heavy atom. The third-order valence-electron chi connectivity index (χ3n) is 3.70. The largest absolute Gasteiger partial charge is 0.357 e. The van der Waals surface area contributed by atoms with E-state index in [1.54, 1.807) is 12.3 Å². The Hall–Kier alpha value is -1.70. The molecule has 0 saturated carbocycles. The van der Waals surface area contributed by atoms with E-state index >= 15 is 0 Å². The Bertz CT molecular complexity index is 662. The highest BCUT2D eigenvalue weighted by Crippen LogP contribution is 2.10. The zero-order valence-electron chi connectivity index (χ0n) is 14.8. The van der Waals surface area contributed by atoms with Gasteiger partial charge in [0.2, 0.25) is 0 Å². The molecule has 0 bridgehead atoms. The Kier molecular flexibility index (Phi) is 10.1. The molecule has 136 valence electrons. The van der Waals surface area contributed by atoms with Crippen molar-refractivity contribution in [2.45, 2.75) is 26.7 Å². The number of hydrogen-bond donors (Lipinski definition) is 2. The van der Waals surface area contributed by atoms with E-state index in [-0.39, 0.29) is 29.8 Å². The number of aromatic nitrogens is 1. The molecule has 2 rings (SSSR count). The van der Waals surface area contributed by atoms with E-state index < -0.39 is 0 Å². The first-order valence-electron chi connectivity index (χ1n) is 8.36. The van der Waals surface area contributed by atoms with E-state index in [2.05, 4.69) is 20.6 Å². The Balaban J connectivity index is 0.00000312. The molecule has 0 radical (unpaired) electrons. The Labute approximate surface area is 166 Å². The third-order valence-corrected chi connectivity index (χ3v) is 3.70. The molecule has 0 amide bonds. The SMILES string of the molecule is CCNC(=NCCc1ccccn1)NCCc1ccc(F)cc1C.I. The quantitative estimate of drug-likeness (QED) is 0.381. The second-order valence-electron chi connectivity index (χ2n) is 5.58. The molecule has 0 aliphatic heterocycles. The number of nitrogens with zero attached hydrogens (tertiary/aromatic N) is 2. The average Bonchev–Trinajstić information content (AvgIpc) is 2.58. The van der Waals surface area contributed by atoms with Crippen molar-refractivity contribution in [3.05, 3.63) is 65.2 Å². The van der Waals surface area contributed by atoms with Crippen LogP contribution in [0, 0.1) is 12.7 Å².